The van der Waals surface area contributed by atoms with Crippen LogP contribution in [-0.2, 0) is 27.8 Å². The number of pyridine rings is 1. The van der Waals surface area contributed by atoms with Gasteiger partial charge in [-0.2, -0.15) is 13.5 Å². The Labute approximate surface area is 185 Å². The monoisotopic (exact) mass is 458 g/mol. The van der Waals surface area contributed by atoms with Gasteiger partial charge in [0.15, 0.2) is 5.82 Å². The lowest BCUT2D eigenvalue weighted by atomic mass is 9.87. The molecule has 1 aliphatic heterocycles. The number of sulfonamides is 1. The van der Waals surface area contributed by atoms with E-state index in [2.05, 4.69) is 10.1 Å². The van der Waals surface area contributed by atoms with Crippen molar-refractivity contribution in [3.63, 3.8) is 0 Å². The number of nitrogens with zero attached hydrogens (tertiary/aromatic N) is 3. The number of nitrogens with one attached hydrogen (secondary N) is 1. The molecule has 0 radical (unpaired) electrons. The van der Waals surface area contributed by atoms with Crippen LogP contribution in [0.3, 0.4) is 0 Å². The fraction of sp³-hybridized carbons (Fsp3) is 0.318. The lowest BCUT2D eigenvalue weighted by molar-refractivity contribution is -0.118. The van der Waals surface area contributed by atoms with Crippen molar-refractivity contribution >= 4 is 15.9 Å². The number of aryl methyl sites for hydroxylation is 1. The first-order valence-electron chi connectivity index (χ1n) is 10.2. The number of ether oxygens (including phenoxy) is 1. The Morgan fingerprint density at radius 3 is 2.78 bits per heavy atom. The van der Waals surface area contributed by atoms with Gasteiger partial charge >= 0.3 is 0 Å². The number of carbonyl (C=O) groups excluding carboxylic acids is 1. The lowest BCUT2D eigenvalue weighted by Crippen LogP contribution is -2.33. The zero-order valence-corrected chi connectivity index (χ0v) is 18.7. The highest BCUT2D eigenvalue weighted by molar-refractivity contribution is 7.90. The highest BCUT2D eigenvalue weighted by Crippen LogP contribution is 2.33. The maximum atomic E-state index is 14.3. The Morgan fingerprint density at radius 1 is 1.25 bits per heavy atom. The molecule has 1 N–H and O–H groups in total. The number of hydrogen-bond donors (Lipinski definition) is 1. The predicted octanol–water partition coefficient (Wildman–Crippen LogP) is 2.96. The standard InChI is InChI=1S/C22H23FN4O4S/c1-13(2)16-8-14(3)9-17-15-4-5-24-21(10-15)31-7-6-27-12-19(23)22(25-27)32(29,30)26-20(28)11-18(16)17/h4-5,8-10,12-13H,6-7,11H2,1-3H3,(H,26,28). The predicted molar refractivity (Wildman–Crippen MR) is 115 cm³/mol. The molecule has 1 amide bonds. The van der Waals surface area contributed by atoms with Gasteiger partial charge in [0.25, 0.3) is 10.0 Å². The van der Waals surface area contributed by atoms with E-state index in [1.54, 1.807) is 12.3 Å². The van der Waals surface area contributed by atoms with Crippen molar-refractivity contribution in [2.24, 2.45) is 0 Å². The second-order valence-corrected chi connectivity index (χ2v) is 9.61. The van der Waals surface area contributed by atoms with Gasteiger partial charge in [-0.05, 0) is 41.2 Å². The van der Waals surface area contributed by atoms with Gasteiger partial charge in [-0.15, -0.1) is 0 Å². The summed E-state index contributed by atoms with van der Waals surface area (Å²) < 4.78 is 48.4. The fourth-order valence-electron chi connectivity index (χ4n) is 3.78. The van der Waals surface area contributed by atoms with Crippen LogP contribution in [0.25, 0.3) is 11.1 Å². The molecular weight excluding hydrogens is 435 g/mol. The van der Waals surface area contributed by atoms with Gasteiger partial charge in [0, 0.05) is 12.3 Å². The van der Waals surface area contributed by atoms with Crippen molar-refractivity contribution in [1.29, 1.82) is 0 Å². The summed E-state index contributed by atoms with van der Waals surface area (Å²) in [6, 6.07) is 7.52. The molecule has 4 bridgehead atoms. The summed E-state index contributed by atoms with van der Waals surface area (Å²) in [4.78, 5) is 17.1. The third kappa shape index (κ3) is 4.36. The summed E-state index contributed by atoms with van der Waals surface area (Å²) in [5, 5.41) is 2.95. The average Bonchev–Trinajstić information content (AvgIpc) is 3.09. The molecule has 3 aromatic rings. The quantitative estimate of drug-likeness (QED) is 0.601. The molecule has 0 saturated carbocycles. The van der Waals surface area contributed by atoms with Gasteiger partial charge in [0.2, 0.25) is 16.8 Å². The number of aromatic nitrogens is 3. The Bertz CT molecular complexity index is 1300. The minimum absolute atomic E-state index is 0.0841. The summed E-state index contributed by atoms with van der Waals surface area (Å²) in [5.41, 5.74) is 4.21. The van der Waals surface area contributed by atoms with E-state index in [4.69, 9.17) is 4.74 Å². The Balaban J connectivity index is 1.88. The summed E-state index contributed by atoms with van der Waals surface area (Å²) in [7, 11) is -4.48. The van der Waals surface area contributed by atoms with Crippen LogP contribution in [0, 0.1) is 12.7 Å². The first-order chi connectivity index (χ1) is 15.1. The smallest absolute Gasteiger partial charge is 0.286 e. The first-order valence-corrected chi connectivity index (χ1v) is 11.6. The molecule has 0 atom stereocenters. The van der Waals surface area contributed by atoms with Crippen molar-refractivity contribution in [3.8, 4) is 17.0 Å². The number of carbonyl (C=O) groups is 1. The Kier molecular flexibility index (Phi) is 5.72. The largest absolute Gasteiger partial charge is 0.476 e. The highest BCUT2D eigenvalue weighted by Gasteiger charge is 2.27. The maximum absolute atomic E-state index is 14.3. The molecule has 1 aromatic carbocycles. The number of amides is 1. The van der Waals surface area contributed by atoms with Crippen LogP contribution in [-0.4, -0.2) is 35.7 Å². The van der Waals surface area contributed by atoms with Crippen LogP contribution >= 0.6 is 0 Å². The SMILES string of the molecule is Cc1cc2c(c(C(C)C)c1)CC(=O)NS(=O)(=O)c1nn(cc1F)CCOc1cc-2ccn1. The van der Waals surface area contributed by atoms with Gasteiger partial charge < -0.3 is 4.74 Å². The minimum Gasteiger partial charge on any atom is -0.476 e. The average molecular weight is 459 g/mol. The van der Waals surface area contributed by atoms with Gasteiger partial charge in [0.05, 0.1) is 19.2 Å². The minimum atomic E-state index is -4.48. The van der Waals surface area contributed by atoms with Crippen molar-refractivity contribution in [2.45, 2.75) is 44.7 Å². The van der Waals surface area contributed by atoms with Crippen molar-refractivity contribution < 1.29 is 22.3 Å². The number of rotatable bonds is 1. The molecule has 0 spiro atoms. The highest BCUT2D eigenvalue weighted by atomic mass is 32.2. The second-order valence-electron chi connectivity index (χ2n) is 8.02. The van der Waals surface area contributed by atoms with E-state index in [0.29, 0.717) is 11.4 Å². The third-order valence-corrected chi connectivity index (χ3v) is 6.48. The summed E-state index contributed by atoms with van der Waals surface area (Å²) in [5.74, 6) is -1.37. The first kappa shape index (κ1) is 21.9. The molecule has 168 valence electrons. The lowest BCUT2D eigenvalue weighted by Gasteiger charge is -2.19. The molecular formula is C22H23FN4O4S. The van der Waals surface area contributed by atoms with Crippen LogP contribution in [0.15, 0.2) is 41.7 Å². The van der Waals surface area contributed by atoms with Crippen LogP contribution in [0.4, 0.5) is 4.39 Å². The van der Waals surface area contributed by atoms with E-state index in [0.717, 1.165) is 33.1 Å². The van der Waals surface area contributed by atoms with Crippen LogP contribution in [0.1, 0.15) is 36.5 Å². The number of hydrogen-bond acceptors (Lipinski definition) is 6. The number of benzene rings is 1. The zero-order valence-electron chi connectivity index (χ0n) is 17.9. The normalized spacial score (nSPS) is 15.8. The van der Waals surface area contributed by atoms with Crippen molar-refractivity contribution in [2.75, 3.05) is 6.61 Å². The van der Waals surface area contributed by atoms with Crippen molar-refractivity contribution in [1.82, 2.24) is 19.5 Å². The molecule has 0 saturated heterocycles. The van der Waals surface area contributed by atoms with Gasteiger partial charge in [-0.25, -0.2) is 14.1 Å². The van der Waals surface area contributed by atoms with Crippen LogP contribution in [0.5, 0.6) is 5.88 Å². The van der Waals surface area contributed by atoms with Gasteiger partial charge in [0.1, 0.15) is 6.61 Å². The van der Waals surface area contributed by atoms with E-state index in [1.807, 2.05) is 43.7 Å². The van der Waals surface area contributed by atoms with E-state index in [9.17, 15) is 17.6 Å². The summed E-state index contributed by atoms with van der Waals surface area (Å²) >= 11 is 0. The Hall–Kier alpha value is -3.27. The second kappa shape index (κ2) is 8.34. The molecule has 10 heteroatoms. The Morgan fingerprint density at radius 2 is 2.03 bits per heavy atom. The molecule has 4 rings (SSSR count). The van der Waals surface area contributed by atoms with E-state index in [1.165, 1.54) is 0 Å². The third-order valence-electron chi connectivity index (χ3n) is 5.19. The maximum Gasteiger partial charge on any atom is 0.286 e. The number of fused-ring (bicyclic) bond motifs is 6. The summed E-state index contributed by atoms with van der Waals surface area (Å²) in [6.07, 6.45) is 2.36. The van der Waals surface area contributed by atoms with Crippen LogP contribution in [0.2, 0.25) is 0 Å². The topological polar surface area (TPSA) is 103 Å². The van der Waals surface area contributed by atoms with Gasteiger partial charge in [-0.1, -0.05) is 31.5 Å². The molecule has 1 aliphatic rings. The molecule has 32 heavy (non-hydrogen) atoms. The zero-order chi connectivity index (χ0) is 23.0. The van der Waals surface area contributed by atoms with E-state index < -0.39 is 26.8 Å². The molecule has 0 unspecified atom stereocenters. The molecule has 0 fully saturated rings. The van der Waals surface area contributed by atoms with E-state index >= 15 is 0 Å². The number of halogens is 1. The van der Waals surface area contributed by atoms with Gasteiger partial charge in [-0.3, -0.25) is 9.48 Å². The molecule has 8 nitrogen and oxygen atoms in total. The van der Waals surface area contributed by atoms with E-state index in [-0.39, 0.29) is 25.5 Å². The summed E-state index contributed by atoms with van der Waals surface area (Å²) in [6.45, 7) is 6.16. The molecule has 2 aromatic heterocycles. The fourth-order valence-corrected chi connectivity index (χ4v) is 4.78. The molecule has 0 aliphatic carbocycles. The van der Waals surface area contributed by atoms with Crippen LogP contribution < -0.4 is 9.46 Å². The molecule has 3 heterocycles. The van der Waals surface area contributed by atoms with Crippen molar-refractivity contribution in [3.05, 3.63) is 59.2 Å².